The average Bonchev–Trinajstić information content (AvgIpc) is 2.29. The number of benzene rings is 1. The van der Waals surface area contributed by atoms with Crippen LogP contribution in [0.15, 0.2) is 36.5 Å². The number of nitrogens with one attached hydrogen (secondary N) is 1. The van der Waals surface area contributed by atoms with Crippen LogP contribution in [0.2, 0.25) is 5.02 Å². The summed E-state index contributed by atoms with van der Waals surface area (Å²) in [5.74, 6) is 0. The van der Waals surface area contributed by atoms with E-state index in [1.807, 2.05) is 31.3 Å². The fraction of sp³-hybridized carbons (Fsp3) is 0.154. The second kappa shape index (κ2) is 5.10. The lowest BCUT2D eigenvalue weighted by Crippen LogP contribution is -2.03. The van der Waals surface area contributed by atoms with E-state index >= 15 is 0 Å². The molecule has 0 aliphatic heterocycles. The van der Waals surface area contributed by atoms with Gasteiger partial charge in [0.1, 0.15) is 0 Å². The molecular formula is C13H13ClN2. The fourth-order valence-corrected chi connectivity index (χ4v) is 1.76. The van der Waals surface area contributed by atoms with Crippen molar-refractivity contribution in [3.63, 3.8) is 0 Å². The standard InChI is InChI=1S/C13H13ClN2/c1-15-7-2-3-10-6-8-16-13-9-11(14)4-5-12(10)13/h2-6,8-9,15H,7H2,1H3. The van der Waals surface area contributed by atoms with Gasteiger partial charge in [-0.3, -0.25) is 4.98 Å². The summed E-state index contributed by atoms with van der Waals surface area (Å²) in [6.45, 7) is 0.859. The molecular weight excluding hydrogens is 220 g/mol. The summed E-state index contributed by atoms with van der Waals surface area (Å²) < 4.78 is 0. The Balaban J connectivity index is 2.45. The van der Waals surface area contributed by atoms with E-state index in [9.17, 15) is 0 Å². The quantitative estimate of drug-likeness (QED) is 0.880. The number of halogens is 1. The SMILES string of the molecule is CNCC=Cc1ccnc2cc(Cl)ccc12. The van der Waals surface area contributed by atoms with Crippen molar-refractivity contribution in [3.8, 4) is 0 Å². The summed E-state index contributed by atoms with van der Waals surface area (Å²) in [5.41, 5.74) is 2.09. The Morgan fingerprint density at radius 3 is 3.06 bits per heavy atom. The molecule has 16 heavy (non-hydrogen) atoms. The first-order valence-electron chi connectivity index (χ1n) is 5.16. The maximum atomic E-state index is 5.93. The van der Waals surface area contributed by atoms with Crippen LogP contribution in [0.4, 0.5) is 0 Å². The highest BCUT2D eigenvalue weighted by Gasteiger charge is 1.99. The minimum absolute atomic E-state index is 0.719. The van der Waals surface area contributed by atoms with Gasteiger partial charge in [0.25, 0.3) is 0 Å². The third kappa shape index (κ3) is 2.40. The van der Waals surface area contributed by atoms with Crippen LogP contribution >= 0.6 is 11.6 Å². The molecule has 0 saturated carbocycles. The number of aromatic nitrogens is 1. The summed E-state index contributed by atoms with van der Waals surface area (Å²) in [5, 5.41) is 4.91. The first-order valence-corrected chi connectivity index (χ1v) is 5.54. The molecule has 0 bridgehead atoms. The Bertz CT molecular complexity index is 520. The van der Waals surface area contributed by atoms with Crippen molar-refractivity contribution < 1.29 is 0 Å². The van der Waals surface area contributed by atoms with Crippen LogP contribution in [-0.4, -0.2) is 18.6 Å². The zero-order valence-electron chi connectivity index (χ0n) is 9.07. The van der Waals surface area contributed by atoms with Crippen molar-refractivity contribution >= 4 is 28.6 Å². The molecule has 0 unspecified atom stereocenters. The van der Waals surface area contributed by atoms with E-state index in [2.05, 4.69) is 22.5 Å². The van der Waals surface area contributed by atoms with Gasteiger partial charge < -0.3 is 5.32 Å². The monoisotopic (exact) mass is 232 g/mol. The van der Waals surface area contributed by atoms with E-state index in [1.54, 1.807) is 6.20 Å². The Morgan fingerprint density at radius 1 is 1.38 bits per heavy atom. The Morgan fingerprint density at radius 2 is 2.25 bits per heavy atom. The topological polar surface area (TPSA) is 24.9 Å². The lowest BCUT2D eigenvalue weighted by Gasteiger charge is -2.01. The van der Waals surface area contributed by atoms with E-state index in [0.29, 0.717) is 0 Å². The van der Waals surface area contributed by atoms with E-state index in [0.717, 1.165) is 28.0 Å². The smallest absolute Gasteiger partial charge is 0.0722 e. The van der Waals surface area contributed by atoms with Gasteiger partial charge in [0.2, 0.25) is 0 Å². The second-order valence-corrected chi connectivity index (χ2v) is 3.96. The van der Waals surface area contributed by atoms with Gasteiger partial charge in [-0.15, -0.1) is 0 Å². The van der Waals surface area contributed by atoms with Crippen LogP contribution < -0.4 is 5.32 Å². The summed E-state index contributed by atoms with van der Waals surface area (Å²) in [4.78, 5) is 4.30. The molecule has 2 nitrogen and oxygen atoms in total. The van der Waals surface area contributed by atoms with Crippen molar-refractivity contribution in [2.24, 2.45) is 0 Å². The Hall–Kier alpha value is -1.38. The molecule has 0 aliphatic rings. The highest BCUT2D eigenvalue weighted by Crippen LogP contribution is 2.21. The number of hydrogen-bond acceptors (Lipinski definition) is 2. The van der Waals surface area contributed by atoms with Gasteiger partial charge in [0.05, 0.1) is 5.52 Å². The van der Waals surface area contributed by atoms with Crippen LogP contribution in [0.5, 0.6) is 0 Å². The third-order valence-corrected chi connectivity index (χ3v) is 2.59. The molecule has 82 valence electrons. The molecule has 0 saturated heterocycles. The molecule has 2 aromatic rings. The van der Waals surface area contributed by atoms with E-state index in [4.69, 9.17) is 11.6 Å². The zero-order chi connectivity index (χ0) is 11.4. The zero-order valence-corrected chi connectivity index (χ0v) is 9.83. The first kappa shape index (κ1) is 11.1. The highest BCUT2D eigenvalue weighted by molar-refractivity contribution is 6.31. The van der Waals surface area contributed by atoms with E-state index in [1.165, 1.54) is 0 Å². The molecule has 0 spiro atoms. The number of rotatable bonds is 3. The van der Waals surface area contributed by atoms with Gasteiger partial charge in [-0.1, -0.05) is 29.8 Å². The summed E-state index contributed by atoms with van der Waals surface area (Å²) in [6, 6.07) is 7.78. The molecule has 0 fully saturated rings. The summed E-state index contributed by atoms with van der Waals surface area (Å²) >= 11 is 5.93. The molecule has 1 N–H and O–H groups in total. The first-order chi connectivity index (χ1) is 7.81. The normalized spacial score (nSPS) is 11.4. The largest absolute Gasteiger partial charge is 0.316 e. The van der Waals surface area contributed by atoms with Gasteiger partial charge in [-0.05, 0) is 30.8 Å². The highest BCUT2D eigenvalue weighted by atomic mass is 35.5. The molecule has 0 amide bonds. The minimum Gasteiger partial charge on any atom is -0.316 e. The van der Waals surface area contributed by atoms with Gasteiger partial charge in [-0.2, -0.15) is 0 Å². The molecule has 1 aromatic heterocycles. The van der Waals surface area contributed by atoms with Gasteiger partial charge in [-0.25, -0.2) is 0 Å². The number of fused-ring (bicyclic) bond motifs is 1. The van der Waals surface area contributed by atoms with Crippen LogP contribution in [0.1, 0.15) is 5.56 Å². The minimum atomic E-state index is 0.719. The number of hydrogen-bond donors (Lipinski definition) is 1. The van der Waals surface area contributed by atoms with Crippen molar-refractivity contribution in [2.75, 3.05) is 13.6 Å². The summed E-state index contributed by atoms with van der Waals surface area (Å²) in [6.07, 6.45) is 5.98. The lowest BCUT2D eigenvalue weighted by molar-refractivity contribution is 0.922. The predicted octanol–water partition coefficient (Wildman–Crippen LogP) is 3.12. The molecule has 0 aliphatic carbocycles. The maximum absolute atomic E-state index is 5.93. The predicted molar refractivity (Wildman–Crippen MR) is 69.7 cm³/mol. The van der Waals surface area contributed by atoms with Crippen molar-refractivity contribution in [1.29, 1.82) is 0 Å². The van der Waals surface area contributed by atoms with Crippen molar-refractivity contribution in [2.45, 2.75) is 0 Å². The Kier molecular flexibility index (Phi) is 3.54. The maximum Gasteiger partial charge on any atom is 0.0722 e. The molecule has 0 atom stereocenters. The molecule has 2 rings (SSSR count). The number of nitrogens with zero attached hydrogens (tertiary/aromatic N) is 1. The number of pyridine rings is 1. The van der Waals surface area contributed by atoms with Gasteiger partial charge >= 0.3 is 0 Å². The molecule has 0 radical (unpaired) electrons. The van der Waals surface area contributed by atoms with Gasteiger partial charge in [0, 0.05) is 23.2 Å². The third-order valence-electron chi connectivity index (χ3n) is 2.36. The Labute approximate surface area is 100.0 Å². The fourth-order valence-electron chi connectivity index (χ4n) is 1.59. The molecule has 3 heteroatoms. The molecule has 1 heterocycles. The average molecular weight is 233 g/mol. The van der Waals surface area contributed by atoms with E-state index < -0.39 is 0 Å². The van der Waals surface area contributed by atoms with E-state index in [-0.39, 0.29) is 0 Å². The van der Waals surface area contributed by atoms with Crippen molar-refractivity contribution in [3.05, 3.63) is 47.1 Å². The van der Waals surface area contributed by atoms with Gasteiger partial charge in [0.15, 0.2) is 0 Å². The van der Waals surface area contributed by atoms with Crippen LogP contribution in [0.25, 0.3) is 17.0 Å². The lowest BCUT2D eigenvalue weighted by atomic mass is 10.1. The second-order valence-electron chi connectivity index (χ2n) is 3.52. The number of likely N-dealkylation sites (N-methyl/N-ethyl adjacent to an activating group) is 1. The molecule has 1 aromatic carbocycles. The van der Waals surface area contributed by atoms with Crippen LogP contribution in [0.3, 0.4) is 0 Å². The van der Waals surface area contributed by atoms with Crippen LogP contribution in [0, 0.1) is 0 Å². The van der Waals surface area contributed by atoms with Crippen LogP contribution in [-0.2, 0) is 0 Å². The summed E-state index contributed by atoms with van der Waals surface area (Å²) in [7, 11) is 1.93. The van der Waals surface area contributed by atoms with Crippen molar-refractivity contribution in [1.82, 2.24) is 10.3 Å².